The van der Waals surface area contributed by atoms with E-state index in [1.165, 1.54) is 0 Å². The molecule has 0 atom stereocenters. The highest BCUT2D eigenvalue weighted by atomic mass is 35.5. The van der Waals surface area contributed by atoms with Crippen LogP contribution in [0.5, 0.6) is 0 Å². The molecule has 0 radical (unpaired) electrons. The molecule has 1 aromatic heterocycles. The molecule has 1 fully saturated rings. The fraction of sp³-hybridized carbons (Fsp3) is 0.588. The summed E-state index contributed by atoms with van der Waals surface area (Å²) < 4.78 is 18.7. The molecular formula is C17H22ClFN2O3. The number of ether oxygens (including phenoxy) is 1. The van der Waals surface area contributed by atoms with Crippen LogP contribution >= 0.6 is 11.6 Å². The quantitative estimate of drug-likeness (QED) is 0.591. The molecule has 1 aliphatic heterocycles. The third kappa shape index (κ3) is 4.23. The predicted octanol–water partition coefficient (Wildman–Crippen LogP) is 4.09. The average Bonchev–Trinajstić information content (AvgIpc) is 2.48. The smallest absolute Gasteiger partial charge is 0.410 e. The largest absolute Gasteiger partial charge is 0.444 e. The monoisotopic (exact) mass is 356 g/mol. The van der Waals surface area contributed by atoms with E-state index >= 15 is 0 Å². The molecule has 1 amide bonds. The summed E-state index contributed by atoms with van der Waals surface area (Å²) in [5.74, 6) is -0.846. The first-order valence-electron chi connectivity index (χ1n) is 7.86. The molecule has 0 spiro atoms. The summed E-state index contributed by atoms with van der Waals surface area (Å²) in [7, 11) is 0. The summed E-state index contributed by atoms with van der Waals surface area (Å²) in [6.07, 6.45) is 1.50. The lowest BCUT2D eigenvalue weighted by atomic mass is 9.75. The van der Waals surface area contributed by atoms with E-state index in [9.17, 15) is 14.0 Å². The number of amides is 1. The standard InChI is InChI=1S/C17H22ClFN2O3/c1-16(2,3)24-15(23)21-7-5-17(4,6-8-21)13(22)12-9-11(19)10-20-14(12)18/h9-10H,5-8H2,1-4H3. The lowest BCUT2D eigenvalue weighted by molar-refractivity contribution is 0.0122. The van der Waals surface area contributed by atoms with Crippen molar-refractivity contribution in [2.24, 2.45) is 5.41 Å². The summed E-state index contributed by atoms with van der Waals surface area (Å²) in [4.78, 5) is 30.2. The fourth-order valence-corrected chi connectivity index (χ4v) is 2.83. The van der Waals surface area contributed by atoms with Gasteiger partial charge in [-0.3, -0.25) is 4.79 Å². The van der Waals surface area contributed by atoms with Gasteiger partial charge >= 0.3 is 6.09 Å². The maximum atomic E-state index is 13.4. The number of halogens is 2. The first kappa shape index (κ1) is 18.6. The molecular weight excluding hydrogens is 335 g/mol. The molecule has 5 nitrogen and oxygen atoms in total. The number of hydrogen-bond donors (Lipinski definition) is 0. The number of hydrogen-bond acceptors (Lipinski definition) is 4. The Morgan fingerprint density at radius 3 is 2.46 bits per heavy atom. The van der Waals surface area contributed by atoms with Gasteiger partial charge in [0.2, 0.25) is 0 Å². The molecule has 7 heteroatoms. The second-order valence-electron chi connectivity index (χ2n) is 7.35. The van der Waals surface area contributed by atoms with Crippen molar-refractivity contribution in [2.45, 2.75) is 46.1 Å². The van der Waals surface area contributed by atoms with E-state index in [1.807, 2.05) is 6.92 Å². The average molecular weight is 357 g/mol. The molecule has 2 heterocycles. The Morgan fingerprint density at radius 2 is 1.92 bits per heavy atom. The Bertz CT molecular complexity index is 650. The van der Waals surface area contributed by atoms with Crippen LogP contribution in [0.25, 0.3) is 0 Å². The Hall–Kier alpha value is -1.69. The molecule has 0 bridgehead atoms. The van der Waals surface area contributed by atoms with Gasteiger partial charge in [0.15, 0.2) is 5.78 Å². The van der Waals surface area contributed by atoms with E-state index in [1.54, 1.807) is 25.7 Å². The molecule has 24 heavy (non-hydrogen) atoms. The van der Waals surface area contributed by atoms with Gasteiger partial charge in [-0.25, -0.2) is 14.2 Å². The first-order valence-corrected chi connectivity index (χ1v) is 8.23. The molecule has 0 saturated carbocycles. The number of aromatic nitrogens is 1. The number of likely N-dealkylation sites (tertiary alicyclic amines) is 1. The Labute approximate surface area is 146 Å². The van der Waals surface area contributed by atoms with Crippen LogP contribution in [0.15, 0.2) is 12.3 Å². The maximum absolute atomic E-state index is 13.4. The van der Waals surface area contributed by atoms with Crippen molar-refractivity contribution >= 4 is 23.5 Å². The summed E-state index contributed by atoms with van der Waals surface area (Å²) in [5.41, 5.74) is -1.18. The number of piperidine rings is 1. The Morgan fingerprint density at radius 1 is 1.33 bits per heavy atom. The Kier molecular flexibility index (Phi) is 5.18. The van der Waals surface area contributed by atoms with Gasteiger partial charge in [-0.1, -0.05) is 18.5 Å². The number of pyridine rings is 1. The zero-order valence-corrected chi connectivity index (χ0v) is 15.1. The van der Waals surface area contributed by atoms with E-state index in [0.717, 1.165) is 12.3 Å². The molecule has 1 aliphatic rings. The summed E-state index contributed by atoms with van der Waals surface area (Å²) in [6.45, 7) is 8.03. The number of ketones is 1. The highest BCUT2D eigenvalue weighted by molar-refractivity contribution is 6.33. The molecule has 0 aliphatic carbocycles. The van der Waals surface area contributed by atoms with Gasteiger partial charge in [0.05, 0.1) is 11.8 Å². The minimum absolute atomic E-state index is 0.00260. The number of rotatable bonds is 2. The van der Waals surface area contributed by atoms with Gasteiger partial charge in [0, 0.05) is 18.5 Å². The number of carbonyl (C=O) groups excluding carboxylic acids is 2. The fourth-order valence-electron chi connectivity index (χ4n) is 2.64. The molecule has 1 saturated heterocycles. The lowest BCUT2D eigenvalue weighted by Gasteiger charge is -2.38. The van der Waals surface area contributed by atoms with Gasteiger partial charge in [0.1, 0.15) is 16.6 Å². The minimum atomic E-state index is -0.711. The molecule has 0 aromatic carbocycles. The van der Waals surface area contributed by atoms with Crippen molar-refractivity contribution in [2.75, 3.05) is 13.1 Å². The first-order chi connectivity index (χ1) is 11.0. The van der Waals surface area contributed by atoms with Crippen molar-refractivity contribution in [3.63, 3.8) is 0 Å². The van der Waals surface area contributed by atoms with Gasteiger partial charge < -0.3 is 9.64 Å². The number of carbonyl (C=O) groups is 2. The molecule has 1 aromatic rings. The van der Waals surface area contributed by atoms with Crippen LogP contribution in [0.2, 0.25) is 5.15 Å². The predicted molar refractivity (Wildman–Crippen MR) is 88.7 cm³/mol. The second kappa shape index (κ2) is 6.67. The third-order valence-electron chi connectivity index (χ3n) is 4.12. The topological polar surface area (TPSA) is 59.5 Å². The van der Waals surface area contributed by atoms with Crippen molar-refractivity contribution < 1.29 is 18.7 Å². The van der Waals surface area contributed by atoms with Gasteiger partial charge in [-0.15, -0.1) is 0 Å². The SMILES string of the molecule is CC(C)(C)OC(=O)N1CCC(C)(C(=O)c2cc(F)cnc2Cl)CC1. The third-order valence-corrected chi connectivity index (χ3v) is 4.42. The normalized spacial score (nSPS) is 17.5. The lowest BCUT2D eigenvalue weighted by Crippen LogP contribution is -2.46. The van der Waals surface area contributed by atoms with Crippen molar-refractivity contribution in [1.29, 1.82) is 0 Å². The van der Waals surface area contributed by atoms with E-state index < -0.39 is 16.8 Å². The van der Waals surface area contributed by atoms with Crippen LogP contribution in [0.3, 0.4) is 0 Å². The van der Waals surface area contributed by atoms with Crippen LogP contribution in [0.4, 0.5) is 9.18 Å². The van der Waals surface area contributed by atoms with Crippen LogP contribution in [-0.4, -0.2) is 40.5 Å². The van der Waals surface area contributed by atoms with Crippen LogP contribution in [0, 0.1) is 11.2 Å². The number of Topliss-reactive ketones (excluding diaryl/α,β-unsaturated/α-hetero) is 1. The van der Waals surface area contributed by atoms with Crippen LogP contribution in [0.1, 0.15) is 50.9 Å². The van der Waals surface area contributed by atoms with E-state index in [2.05, 4.69) is 4.98 Å². The zero-order valence-electron chi connectivity index (χ0n) is 14.4. The highest BCUT2D eigenvalue weighted by Crippen LogP contribution is 2.36. The molecule has 0 N–H and O–H groups in total. The second-order valence-corrected chi connectivity index (χ2v) is 7.71. The van der Waals surface area contributed by atoms with Crippen molar-refractivity contribution in [3.05, 3.63) is 28.8 Å². The summed E-state index contributed by atoms with van der Waals surface area (Å²) in [5, 5.41) is -0.00260. The minimum Gasteiger partial charge on any atom is -0.444 e. The summed E-state index contributed by atoms with van der Waals surface area (Å²) >= 11 is 5.94. The van der Waals surface area contributed by atoms with Crippen molar-refractivity contribution in [1.82, 2.24) is 9.88 Å². The van der Waals surface area contributed by atoms with Gasteiger partial charge in [0.25, 0.3) is 0 Å². The highest BCUT2D eigenvalue weighted by Gasteiger charge is 2.40. The van der Waals surface area contributed by atoms with E-state index in [4.69, 9.17) is 16.3 Å². The Balaban J connectivity index is 2.08. The number of nitrogens with zero attached hydrogens (tertiary/aromatic N) is 2. The van der Waals surface area contributed by atoms with E-state index in [-0.39, 0.29) is 22.6 Å². The molecule has 0 unspecified atom stereocenters. The zero-order chi connectivity index (χ0) is 18.1. The van der Waals surface area contributed by atoms with Gasteiger partial charge in [-0.05, 0) is 39.7 Å². The van der Waals surface area contributed by atoms with Crippen molar-refractivity contribution in [3.8, 4) is 0 Å². The maximum Gasteiger partial charge on any atom is 0.410 e. The van der Waals surface area contributed by atoms with Gasteiger partial charge in [-0.2, -0.15) is 0 Å². The summed E-state index contributed by atoms with van der Waals surface area (Å²) in [6, 6.07) is 1.11. The molecule has 2 rings (SSSR count). The molecule has 132 valence electrons. The van der Waals surface area contributed by atoms with E-state index in [0.29, 0.717) is 25.9 Å². The van der Waals surface area contributed by atoms with Crippen LogP contribution in [-0.2, 0) is 4.74 Å². The van der Waals surface area contributed by atoms with Crippen LogP contribution < -0.4 is 0 Å².